The minimum absolute atomic E-state index is 0.211. The molecule has 0 atom stereocenters. The molecule has 0 unspecified atom stereocenters. The summed E-state index contributed by atoms with van der Waals surface area (Å²) in [6.07, 6.45) is 5.17. The third-order valence-corrected chi connectivity index (χ3v) is 3.94. The number of aromatic nitrogens is 4. The van der Waals surface area contributed by atoms with Crippen molar-refractivity contribution in [2.24, 2.45) is 0 Å². The highest BCUT2D eigenvalue weighted by Crippen LogP contribution is 2.24. The standard InChI is InChI=1S/C18H15FN4O/c1-11-5-13(3-4-15(11)19)14-6-17-16(20-8-14)9-22-23(17)10-18-21-7-12(2)24-18/h3-9H,10H2,1-2H3. The first-order valence-electron chi connectivity index (χ1n) is 7.59. The fourth-order valence-corrected chi connectivity index (χ4v) is 2.67. The zero-order valence-electron chi connectivity index (χ0n) is 13.3. The number of pyridine rings is 1. The molecule has 3 aromatic heterocycles. The van der Waals surface area contributed by atoms with Gasteiger partial charge in [-0.2, -0.15) is 5.10 Å². The Morgan fingerprint density at radius 2 is 1.92 bits per heavy atom. The molecular formula is C18H15FN4O. The minimum Gasteiger partial charge on any atom is -0.444 e. The highest BCUT2D eigenvalue weighted by Gasteiger charge is 2.10. The van der Waals surface area contributed by atoms with Gasteiger partial charge in [-0.15, -0.1) is 0 Å². The molecule has 0 N–H and O–H groups in total. The lowest BCUT2D eigenvalue weighted by Gasteiger charge is -2.05. The van der Waals surface area contributed by atoms with Gasteiger partial charge in [0.05, 0.1) is 17.9 Å². The molecule has 4 aromatic rings. The van der Waals surface area contributed by atoms with Gasteiger partial charge in [0.2, 0.25) is 5.89 Å². The predicted octanol–water partition coefficient (Wildman–Crippen LogP) is 3.89. The van der Waals surface area contributed by atoms with E-state index in [-0.39, 0.29) is 5.82 Å². The quantitative estimate of drug-likeness (QED) is 0.574. The van der Waals surface area contributed by atoms with Crippen LogP contribution in [0.25, 0.3) is 22.2 Å². The van der Waals surface area contributed by atoms with Gasteiger partial charge in [0.1, 0.15) is 23.6 Å². The lowest BCUT2D eigenvalue weighted by molar-refractivity contribution is 0.450. The van der Waals surface area contributed by atoms with Crippen LogP contribution in [0.5, 0.6) is 0 Å². The summed E-state index contributed by atoms with van der Waals surface area (Å²) in [5.74, 6) is 1.15. The van der Waals surface area contributed by atoms with Crippen LogP contribution >= 0.6 is 0 Å². The Morgan fingerprint density at radius 3 is 2.67 bits per heavy atom. The monoisotopic (exact) mass is 322 g/mol. The molecule has 0 aliphatic carbocycles. The van der Waals surface area contributed by atoms with Crippen molar-refractivity contribution in [3.05, 3.63) is 65.9 Å². The highest BCUT2D eigenvalue weighted by molar-refractivity contribution is 5.80. The number of fused-ring (bicyclic) bond motifs is 1. The molecule has 0 aliphatic heterocycles. The zero-order valence-corrected chi connectivity index (χ0v) is 13.3. The second-order valence-corrected chi connectivity index (χ2v) is 5.76. The molecule has 6 heteroatoms. The molecule has 0 bridgehead atoms. The molecule has 0 aliphatic rings. The van der Waals surface area contributed by atoms with Crippen molar-refractivity contribution in [2.45, 2.75) is 20.4 Å². The summed E-state index contributed by atoms with van der Waals surface area (Å²) in [7, 11) is 0. The third-order valence-electron chi connectivity index (χ3n) is 3.94. The Labute approximate surface area is 137 Å². The number of halogens is 1. The maximum atomic E-state index is 13.5. The second-order valence-electron chi connectivity index (χ2n) is 5.76. The van der Waals surface area contributed by atoms with Gasteiger partial charge in [0.25, 0.3) is 0 Å². The average molecular weight is 322 g/mol. The van der Waals surface area contributed by atoms with E-state index in [2.05, 4.69) is 15.1 Å². The summed E-state index contributed by atoms with van der Waals surface area (Å²) in [6.45, 7) is 4.04. The van der Waals surface area contributed by atoms with Gasteiger partial charge in [-0.3, -0.25) is 9.67 Å². The molecule has 3 heterocycles. The molecule has 0 saturated heterocycles. The first kappa shape index (κ1) is 14.6. The SMILES string of the molecule is Cc1cnc(Cn2ncc3ncc(-c4ccc(F)c(C)c4)cc32)o1. The van der Waals surface area contributed by atoms with Crippen molar-refractivity contribution in [3.8, 4) is 11.1 Å². The average Bonchev–Trinajstić information content (AvgIpc) is 3.16. The van der Waals surface area contributed by atoms with E-state index in [0.717, 1.165) is 27.9 Å². The summed E-state index contributed by atoms with van der Waals surface area (Å²) in [5.41, 5.74) is 4.11. The maximum absolute atomic E-state index is 13.5. The van der Waals surface area contributed by atoms with E-state index in [1.807, 2.05) is 19.1 Å². The number of benzene rings is 1. The number of hydrogen-bond acceptors (Lipinski definition) is 4. The van der Waals surface area contributed by atoms with E-state index in [1.54, 1.807) is 36.3 Å². The van der Waals surface area contributed by atoms with Crippen LogP contribution in [0.3, 0.4) is 0 Å². The second kappa shape index (κ2) is 5.56. The van der Waals surface area contributed by atoms with Crippen molar-refractivity contribution in [3.63, 3.8) is 0 Å². The van der Waals surface area contributed by atoms with Crippen LogP contribution in [0.2, 0.25) is 0 Å². The lowest BCUT2D eigenvalue weighted by atomic mass is 10.0. The van der Waals surface area contributed by atoms with E-state index in [1.165, 1.54) is 6.07 Å². The summed E-state index contributed by atoms with van der Waals surface area (Å²) in [4.78, 5) is 8.66. The van der Waals surface area contributed by atoms with E-state index < -0.39 is 0 Å². The number of nitrogens with zero attached hydrogens (tertiary/aromatic N) is 4. The first-order chi connectivity index (χ1) is 11.6. The predicted molar refractivity (Wildman–Crippen MR) is 88.0 cm³/mol. The van der Waals surface area contributed by atoms with Gasteiger partial charge in [-0.25, -0.2) is 9.37 Å². The first-order valence-corrected chi connectivity index (χ1v) is 7.59. The summed E-state index contributed by atoms with van der Waals surface area (Å²) in [6, 6.07) is 7.04. The van der Waals surface area contributed by atoms with Crippen LogP contribution in [0.1, 0.15) is 17.2 Å². The van der Waals surface area contributed by atoms with Crippen LogP contribution in [-0.4, -0.2) is 19.7 Å². The van der Waals surface area contributed by atoms with Crippen molar-refractivity contribution in [1.82, 2.24) is 19.7 Å². The Balaban J connectivity index is 1.76. The molecule has 0 saturated carbocycles. The molecule has 0 fully saturated rings. The Kier molecular flexibility index (Phi) is 3.37. The summed E-state index contributed by atoms with van der Waals surface area (Å²) >= 11 is 0. The fraction of sp³-hybridized carbons (Fsp3) is 0.167. The molecule has 4 rings (SSSR count). The third kappa shape index (κ3) is 2.56. The van der Waals surface area contributed by atoms with Crippen molar-refractivity contribution in [1.29, 1.82) is 0 Å². The van der Waals surface area contributed by atoms with Gasteiger partial charge < -0.3 is 4.42 Å². The molecule has 1 aromatic carbocycles. The Morgan fingerprint density at radius 1 is 1.04 bits per heavy atom. The number of hydrogen-bond donors (Lipinski definition) is 0. The number of rotatable bonds is 3. The van der Waals surface area contributed by atoms with Crippen LogP contribution in [0.15, 0.2) is 47.3 Å². The van der Waals surface area contributed by atoms with Gasteiger partial charge in [0, 0.05) is 11.8 Å². The van der Waals surface area contributed by atoms with Gasteiger partial charge >= 0.3 is 0 Å². The lowest BCUT2D eigenvalue weighted by Crippen LogP contribution is -2.01. The number of oxazole rings is 1. The van der Waals surface area contributed by atoms with Crippen molar-refractivity contribution < 1.29 is 8.81 Å². The van der Waals surface area contributed by atoms with Crippen molar-refractivity contribution >= 4 is 11.0 Å². The minimum atomic E-state index is -0.211. The smallest absolute Gasteiger partial charge is 0.216 e. The molecule has 24 heavy (non-hydrogen) atoms. The molecule has 0 amide bonds. The molecule has 0 radical (unpaired) electrons. The molecule has 5 nitrogen and oxygen atoms in total. The summed E-state index contributed by atoms with van der Waals surface area (Å²) in [5, 5.41) is 4.36. The molecule has 120 valence electrons. The normalized spacial score (nSPS) is 11.3. The number of aryl methyl sites for hydroxylation is 2. The fourth-order valence-electron chi connectivity index (χ4n) is 2.67. The van der Waals surface area contributed by atoms with Crippen LogP contribution in [0.4, 0.5) is 4.39 Å². The van der Waals surface area contributed by atoms with Gasteiger partial charge in [-0.1, -0.05) is 6.07 Å². The summed E-state index contributed by atoms with van der Waals surface area (Å²) < 4.78 is 20.8. The van der Waals surface area contributed by atoms with Crippen LogP contribution < -0.4 is 0 Å². The highest BCUT2D eigenvalue weighted by atomic mass is 19.1. The Hall–Kier alpha value is -3.02. The zero-order chi connectivity index (χ0) is 16.7. The van der Waals surface area contributed by atoms with E-state index in [9.17, 15) is 4.39 Å². The van der Waals surface area contributed by atoms with E-state index in [0.29, 0.717) is 18.0 Å². The topological polar surface area (TPSA) is 56.7 Å². The molecular weight excluding hydrogens is 307 g/mol. The molecule has 0 spiro atoms. The van der Waals surface area contributed by atoms with Crippen LogP contribution in [0, 0.1) is 19.7 Å². The Bertz CT molecular complexity index is 1030. The van der Waals surface area contributed by atoms with E-state index >= 15 is 0 Å². The largest absolute Gasteiger partial charge is 0.444 e. The van der Waals surface area contributed by atoms with Gasteiger partial charge in [-0.05, 0) is 43.2 Å². The van der Waals surface area contributed by atoms with E-state index in [4.69, 9.17) is 4.42 Å². The van der Waals surface area contributed by atoms with Crippen LogP contribution in [-0.2, 0) is 6.54 Å². The van der Waals surface area contributed by atoms with Crippen molar-refractivity contribution in [2.75, 3.05) is 0 Å². The van der Waals surface area contributed by atoms with Gasteiger partial charge in [0.15, 0.2) is 0 Å². The maximum Gasteiger partial charge on any atom is 0.216 e.